The molecule has 0 N–H and O–H groups in total. The van der Waals surface area contributed by atoms with Crippen molar-refractivity contribution in [2.75, 3.05) is 20.3 Å². The van der Waals surface area contributed by atoms with Gasteiger partial charge in [0.05, 0.1) is 31.7 Å². The van der Waals surface area contributed by atoms with Crippen LogP contribution in [0.2, 0.25) is 0 Å². The van der Waals surface area contributed by atoms with E-state index in [0.29, 0.717) is 25.6 Å². The Kier molecular flexibility index (Phi) is 5.67. The summed E-state index contributed by atoms with van der Waals surface area (Å²) < 4.78 is 44.4. The second-order valence-electron chi connectivity index (χ2n) is 8.40. The van der Waals surface area contributed by atoms with Gasteiger partial charge >= 0.3 is 0 Å². The minimum absolute atomic E-state index is 0.243. The normalized spacial score (nSPS) is 15.8. The Morgan fingerprint density at radius 3 is 2.82 bits per heavy atom. The maximum absolute atomic E-state index is 13.2. The van der Waals surface area contributed by atoms with Gasteiger partial charge in [-0.2, -0.15) is 4.98 Å². The second-order valence-corrected chi connectivity index (χ2v) is 8.40. The number of aromatic nitrogens is 4. The molecule has 0 aliphatic heterocycles. The highest BCUT2D eigenvalue weighted by Gasteiger charge is 2.48. The number of alkyl halides is 2. The van der Waals surface area contributed by atoms with Crippen molar-refractivity contribution in [3.8, 4) is 22.6 Å². The molecule has 33 heavy (non-hydrogen) atoms. The van der Waals surface area contributed by atoms with Gasteiger partial charge in [-0.05, 0) is 30.2 Å². The van der Waals surface area contributed by atoms with Crippen LogP contribution in [-0.2, 0) is 16.1 Å². The van der Waals surface area contributed by atoms with Gasteiger partial charge in [-0.25, -0.2) is 13.8 Å². The smallest absolute Gasteiger partial charge is 0.249 e. The largest absolute Gasteiger partial charge is 0.382 e. The van der Waals surface area contributed by atoms with Crippen LogP contribution in [0, 0.1) is 6.92 Å². The van der Waals surface area contributed by atoms with E-state index >= 15 is 0 Å². The number of halogens is 2. The molecular weight excluding hydrogens is 430 g/mol. The van der Waals surface area contributed by atoms with Gasteiger partial charge in [0, 0.05) is 43.2 Å². The third-order valence-electron chi connectivity index (χ3n) is 5.92. The number of imidazole rings is 1. The molecule has 4 aromatic rings. The number of pyridine rings is 1. The van der Waals surface area contributed by atoms with Crippen LogP contribution in [-0.4, -0.2) is 45.8 Å². The van der Waals surface area contributed by atoms with Gasteiger partial charge in [0.25, 0.3) is 0 Å². The zero-order chi connectivity index (χ0) is 23.0. The number of fused-ring (bicyclic) bond motifs is 1. The van der Waals surface area contributed by atoms with Crippen molar-refractivity contribution in [2.24, 2.45) is 0 Å². The number of hydrogen-bond acceptors (Lipinski definition) is 6. The molecule has 1 saturated carbocycles. The highest BCUT2D eigenvalue weighted by Crippen LogP contribution is 2.48. The average Bonchev–Trinajstić information content (AvgIpc) is 3.43. The first kappa shape index (κ1) is 21.7. The number of aryl methyl sites for hydroxylation is 1. The lowest BCUT2D eigenvalue weighted by molar-refractivity contribution is -0.0925. The van der Waals surface area contributed by atoms with Crippen molar-refractivity contribution in [1.29, 1.82) is 0 Å². The predicted molar refractivity (Wildman–Crippen MR) is 117 cm³/mol. The summed E-state index contributed by atoms with van der Waals surface area (Å²) >= 11 is 0. The molecule has 5 rings (SSSR count). The lowest BCUT2D eigenvalue weighted by Crippen LogP contribution is -2.33. The Morgan fingerprint density at radius 2 is 2.03 bits per heavy atom. The van der Waals surface area contributed by atoms with Gasteiger partial charge < -0.3 is 14.0 Å². The molecule has 7 nitrogen and oxygen atoms in total. The van der Waals surface area contributed by atoms with E-state index in [1.165, 1.54) is 0 Å². The first-order valence-electron chi connectivity index (χ1n) is 10.8. The lowest BCUT2D eigenvalue weighted by atomic mass is 9.81. The monoisotopic (exact) mass is 454 g/mol. The fourth-order valence-electron chi connectivity index (χ4n) is 4.03. The van der Waals surface area contributed by atoms with Crippen LogP contribution in [0.3, 0.4) is 0 Å². The third kappa shape index (κ3) is 4.38. The van der Waals surface area contributed by atoms with Gasteiger partial charge in [0.15, 0.2) is 0 Å². The topological polar surface area (TPSA) is 74.7 Å². The van der Waals surface area contributed by atoms with Crippen molar-refractivity contribution in [2.45, 2.75) is 38.2 Å². The van der Waals surface area contributed by atoms with Crippen molar-refractivity contribution in [1.82, 2.24) is 19.5 Å². The van der Waals surface area contributed by atoms with Gasteiger partial charge in [-0.1, -0.05) is 23.4 Å². The van der Waals surface area contributed by atoms with Crippen LogP contribution in [0.5, 0.6) is 0 Å². The summed E-state index contributed by atoms with van der Waals surface area (Å²) in [6, 6.07) is 9.81. The Labute approximate surface area is 189 Å². The third-order valence-corrected chi connectivity index (χ3v) is 5.92. The molecule has 1 aromatic carbocycles. The van der Waals surface area contributed by atoms with E-state index in [1.54, 1.807) is 7.11 Å². The minimum Gasteiger partial charge on any atom is -0.382 e. The van der Waals surface area contributed by atoms with E-state index in [0.717, 1.165) is 33.6 Å². The van der Waals surface area contributed by atoms with E-state index in [2.05, 4.69) is 15.1 Å². The average molecular weight is 454 g/mol. The molecular formula is C24H24F2N4O3. The molecule has 0 spiro atoms. The highest BCUT2D eigenvalue weighted by molar-refractivity contribution is 5.72. The molecule has 0 atom stereocenters. The molecule has 3 heterocycles. The maximum atomic E-state index is 13.2. The van der Waals surface area contributed by atoms with E-state index < -0.39 is 5.92 Å². The second kappa shape index (κ2) is 8.64. The number of ether oxygens (including phenoxy) is 2. The molecule has 1 aliphatic carbocycles. The molecule has 0 saturated heterocycles. The Bertz CT molecular complexity index is 1280. The number of nitrogens with zero attached hydrogens (tertiary/aromatic N) is 4. The van der Waals surface area contributed by atoms with E-state index in [-0.39, 0.29) is 24.7 Å². The molecule has 9 heteroatoms. The van der Waals surface area contributed by atoms with Gasteiger partial charge in [-0.3, -0.25) is 4.40 Å². The van der Waals surface area contributed by atoms with Crippen molar-refractivity contribution >= 4 is 5.65 Å². The van der Waals surface area contributed by atoms with Gasteiger partial charge in [0.2, 0.25) is 17.6 Å². The van der Waals surface area contributed by atoms with E-state index in [9.17, 15) is 8.78 Å². The number of methoxy groups -OCH3 is 1. The minimum atomic E-state index is -2.63. The number of rotatable bonds is 8. The summed E-state index contributed by atoms with van der Waals surface area (Å²) in [7, 11) is 1.64. The quantitative estimate of drug-likeness (QED) is 0.348. The fraction of sp³-hybridized carbons (Fsp3) is 0.375. The lowest BCUT2D eigenvalue weighted by Gasteiger charge is -2.31. The first-order valence-corrected chi connectivity index (χ1v) is 10.8. The summed E-state index contributed by atoms with van der Waals surface area (Å²) in [5.74, 6) is -2.35. The first-order chi connectivity index (χ1) is 15.9. The predicted octanol–water partition coefficient (Wildman–Crippen LogP) is 5.04. The van der Waals surface area contributed by atoms with Crippen LogP contribution in [0.4, 0.5) is 8.78 Å². The van der Waals surface area contributed by atoms with Crippen LogP contribution in [0.15, 0.2) is 47.2 Å². The summed E-state index contributed by atoms with van der Waals surface area (Å²) in [4.78, 5) is 8.92. The van der Waals surface area contributed by atoms with Crippen molar-refractivity contribution in [3.63, 3.8) is 0 Å². The zero-order valence-corrected chi connectivity index (χ0v) is 18.4. The summed E-state index contributed by atoms with van der Waals surface area (Å²) in [5, 5.41) is 4.03. The Morgan fingerprint density at radius 1 is 1.18 bits per heavy atom. The maximum Gasteiger partial charge on any atom is 0.249 e. The molecule has 172 valence electrons. The fourth-order valence-corrected chi connectivity index (χ4v) is 4.03. The summed E-state index contributed by atoms with van der Waals surface area (Å²) in [5.41, 5.74) is 5.55. The van der Waals surface area contributed by atoms with Gasteiger partial charge in [-0.15, -0.1) is 0 Å². The SMILES string of the molecule is COCCOCc1ccc2ncc(-c3cc(-c4noc(C5CC(F)(F)C5)n4)ccc3C)n2c1. The molecule has 0 amide bonds. The number of hydrogen-bond donors (Lipinski definition) is 0. The van der Waals surface area contributed by atoms with Crippen LogP contribution < -0.4 is 0 Å². The van der Waals surface area contributed by atoms with E-state index in [1.807, 2.05) is 54.0 Å². The molecule has 0 bridgehead atoms. The summed E-state index contributed by atoms with van der Waals surface area (Å²) in [6.45, 7) is 3.57. The standard InChI is InChI=1S/C24H24F2N4O3/c1-15-3-5-17(22-28-23(33-29-22)18-10-24(25,26)11-18)9-19(15)20-12-27-21-6-4-16(13-30(20)21)14-32-8-7-31-2/h3-6,9,12-13,18H,7-8,10-11,14H2,1-2H3. The Balaban J connectivity index is 1.43. The van der Waals surface area contributed by atoms with Crippen LogP contribution in [0.1, 0.15) is 35.8 Å². The Hall–Kier alpha value is -3.17. The van der Waals surface area contributed by atoms with Crippen LogP contribution in [0.25, 0.3) is 28.3 Å². The van der Waals surface area contributed by atoms with Gasteiger partial charge in [0.1, 0.15) is 5.65 Å². The molecule has 1 fully saturated rings. The molecule has 3 aromatic heterocycles. The molecule has 0 radical (unpaired) electrons. The summed E-state index contributed by atoms with van der Waals surface area (Å²) in [6.07, 6.45) is 3.36. The highest BCUT2D eigenvalue weighted by atomic mass is 19.3. The number of benzene rings is 1. The van der Waals surface area contributed by atoms with Crippen molar-refractivity contribution < 1.29 is 22.8 Å². The van der Waals surface area contributed by atoms with E-state index in [4.69, 9.17) is 14.0 Å². The molecule has 0 unspecified atom stereocenters. The molecule has 1 aliphatic rings. The van der Waals surface area contributed by atoms with Crippen LogP contribution >= 0.6 is 0 Å². The van der Waals surface area contributed by atoms with Crippen molar-refractivity contribution in [3.05, 3.63) is 59.7 Å². The zero-order valence-electron chi connectivity index (χ0n) is 18.4.